The maximum atomic E-state index is 12.0. The van der Waals surface area contributed by atoms with Crippen LogP contribution in [0.15, 0.2) is 46.4 Å². The average molecular weight is 328 g/mol. The maximum Gasteiger partial charge on any atom is 0.280 e. The molecule has 0 spiro atoms. The second kappa shape index (κ2) is 7.26. The number of amides is 1. The summed E-state index contributed by atoms with van der Waals surface area (Å²) in [4.78, 5) is 12.3. The quantitative estimate of drug-likeness (QED) is 0.832. The Morgan fingerprint density at radius 1 is 1.41 bits per heavy atom. The molecule has 8 heteroatoms. The lowest BCUT2D eigenvalue weighted by Crippen LogP contribution is -2.37. The highest BCUT2D eigenvalue weighted by molar-refractivity contribution is 7.84. The highest BCUT2D eigenvalue weighted by Crippen LogP contribution is 2.13. The Bertz CT molecular complexity index is 640. The van der Waals surface area contributed by atoms with E-state index in [1.54, 1.807) is 30.5 Å². The number of rotatable bonds is 5. The third-order valence-corrected chi connectivity index (χ3v) is 3.84. The van der Waals surface area contributed by atoms with Crippen molar-refractivity contribution in [1.82, 2.24) is 5.01 Å². The molecule has 0 bridgehead atoms. The lowest BCUT2D eigenvalue weighted by Gasteiger charge is -2.23. The van der Waals surface area contributed by atoms with E-state index in [9.17, 15) is 17.8 Å². The Labute approximate surface area is 128 Å². The van der Waals surface area contributed by atoms with E-state index >= 15 is 0 Å². The van der Waals surface area contributed by atoms with Gasteiger partial charge < -0.3 is 4.74 Å². The van der Waals surface area contributed by atoms with Gasteiger partial charge in [-0.25, -0.2) is 5.01 Å². The number of hydrazone groups is 1. The van der Waals surface area contributed by atoms with Gasteiger partial charge in [0.1, 0.15) is 0 Å². The van der Waals surface area contributed by atoms with Crippen LogP contribution < -0.4 is 0 Å². The van der Waals surface area contributed by atoms with Crippen molar-refractivity contribution in [2.24, 2.45) is 5.10 Å². The zero-order valence-corrected chi connectivity index (χ0v) is 12.6. The number of carbonyl (C=O) groups is 1. The molecule has 2 rings (SSSR count). The summed E-state index contributed by atoms with van der Waals surface area (Å²) in [7, 11) is -1.09. The van der Waals surface area contributed by atoms with Gasteiger partial charge in [-0.1, -0.05) is 0 Å². The fraction of sp³-hybridized carbons (Fsp3) is 0.286. The van der Waals surface area contributed by atoms with Crippen LogP contribution in [-0.4, -0.2) is 40.4 Å². The zero-order chi connectivity index (χ0) is 16.1. The third kappa shape index (κ3) is 4.20. The number of nitrogens with zero attached hydrogens (tertiary/aromatic N) is 2. The molecule has 0 N–H and O–H groups in total. The molecule has 5 nitrogen and oxygen atoms in total. The maximum absolute atomic E-state index is 12.0. The number of hydrogen-bond acceptors (Lipinski definition) is 4. The summed E-state index contributed by atoms with van der Waals surface area (Å²) >= 11 is 0. The van der Waals surface area contributed by atoms with Gasteiger partial charge in [-0.2, -0.15) is 8.78 Å². The van der Waals surface area contributed by atoms with Crippen molar-refractivity contribution in [2.75, 3.05) is 19.4 Å². The lowest BCUT2D eigenvalue weighted by atomic mass is 10.2. The van der Waals surface area contributed by atoms with Crippen molar-refractivity contribution < 1.29 is 22.5 Å². The van der Waals surface area contributed by atoms with Gasteiger partial charge in [-0.15, -0.1) is 5.10 Å². The minimum absolute atomic E-state index is 0.0125. The van der Waals surface area contributed by atoms with Crippen molar-refractivity contribution in [3.63, 3.8) is 0 Å². The second-order valence-electron chi connectivity index (χ2n) is 4.47. The molecule has 0 saturated carbocycles. The number of ether oxygens (including phenoxy) is 1. The van der Waals surface area contributed by atoms with Crippen LogP contribution in [0.1, 0.15) is 12.0 Å². The lowest BCUT2D eigenvalue weighted by molar-refractivity contribution is -0.135. The molecule has 1 unspecified atom stereocenters. The van der Waals surface area contributed by atoms with Crippen LogP contribution in [0, 0.1) is 0 Å². The van der Waals surface area contributed by atoms with E-state index in [1.807, 2.05) is 0 Å². The first-order valence-corrected chi connectivity index (χ1v) is 8.00. The van der Waals surface area contributed by atoms with E-state index < -0.39 is 16.9 Å². The Kier molecular flexibility index (Phi) is 5.37. The predicted octanol–water partition coefficient (Wildman–Crippen LogP) is 2.11. The van der Waals surface area contributed by atoms with Crippen molar-refractivity contribution in [3.8, 4) is 0 Å². The van der Waals surface area contributed by atoms with Crippen LogP contribution in [0.4, 0.5) is 8.78 Å². The monoisotopic (exact) mass is 328 g/mol. The van der Waals surface area contributed by atoms with Crippen LogP contribution >= 0.6 is 0 Å². The molecule has 0 aliphatic carbocycles. The van der Waals surface area contributed by atoms with Crippen molar-refractivity contribution >= 4 is 22.6 Å². The van der Waals surface area contributed by atoms with Gasteiger partial charge in [0.25, 0.3) is 12.0 Å². The summed E-state index contributed by atoms with van der Waals surface area (Å²) in [5, 5.41) is 5.15. The fourth-order valence-corrected chi connectivity index (χ4v) is 2.32. The summed E-state index contributed by atoms with van der Waals surface area (Å²) in [6.45, 7) is -0.137. The minimum Gasteiger partial charge on any atom is -0.466 e. The summed E-state index contributed by atoms with van der Waals surface area (Å²) in [5.74, 6) is -0.152. The van der Waals surface area contributed by atoms with Crippen LogP contribution in [0.2, 0.25) is 0 Å². The van der Waals surface area contributed by atoms with Gasteiger partial charge in [-0.05, 0) is 36.8 Å². The molecule has 0 fully saturated rings. The molecule has 22 heavy (non-hydrogen) atoms. The Balaban J connectivity index is 2.14. The number of hydrogen-bond donors (Lipinski definition) is 0. The standard InChI is InChI=1S/C14H14F2N2O3S/c1-22(20)11-6-4-10(5-7-11)14-17-18(13(19)9-21-14)8-2-3-12(15)16/h3-7H,2,8-9H2,1H3. The number of benzene rings is 1. The molecule has 1 amide bonds. The Hall–Kier alpha value is -2.09. The van der Waals surface area contributed by atoms with Gasteiger partial charge in [-0.3, -0.25) is 9.00 Å². The molecule has 1 heterocycles. The molecule has 1 aliphatic heterocycles. The second-order valence-corrected chi connectivity index (χ2v) is 5.85. The molecular weight excluding hydrogens is 314 g/mol. The SMILES string of the molecule is CS(=O)c1ccc(C2=NN(CCC=C(F)F)C(=O)CO2)cc1. The first-order valence-electron chi connectivity index (χ1n) is 6.44. The number of carbonyl (C=O) groups excluding carboxylic acids is 1. The highest BCUT2D eigenvalue weighted by atomic mass is 32.2. The van der Waals surface area contributed by atoms with Gasteiger partial charge in [0.2, 0.25) is 5.90 Å². The first-order chi connectivity index (χ1) is 10.5. The van der Waals surface area contributed by atoms with E-state index in [0.29, 0.717) is 10.5 Å². The highest BCUT2D eigenvalue weighted by Gasteiger charge is 2.22. The first kappa shape index (κ1) is 16.3. The van der Waals surface area contributed by atoms with Crippen molar-refractivity contribution in [1.29, 1.82) is 0 Å². The molecule has 118 valence electrons. The fourth-order valence-electron chi connectivity index (χ4n) is 1.80. The molecule has 0 radical (unpaired) electrons. The molecule has 1 aliphatic rings. The third-order valence-electron chi connectivity index (χ3n) is 2.90. The smallest absolute Gasteiger partial charge is 0.280 e. The van der Waals surface area contributed by atoms with Gasteiger partial charge in [0, 0.05) is 34.1 Å². The largest absolute Gasteiger partial charge is 0.466 e. The van der Waals surface area contributed by atoms with Crippen LogP contribution in [-0.2, 0) is 20.3 Å². The molecule has 0 aromatic heterocycles. The molecule has 1 atom stereocenters. The number of halogens is 2. The average Bonchev–Trinajstić information content (AvgIpc) is 2.49. The van der Waals surface area contributed by atoms with E-state index in [-0.39, 0.29) is 31.4 Å². The summed E-state index contributed by atoms with van der Waals surface area (Å²) in [5.41, 5.74) is 0.624. The molecule has 1 aromatic carbocycles. The van der Waals surface area contributed by atoms with Gasteiger partial charge >= 0.3 is 0 Å². The Morgan fingerprint density at radius 2 is 2.09 bits per heavy atom. The van der Waals surface area contributed by atoms with Crippen LogP contribution in [0.3, 0.4) is 0 Å². The normalized spacial score (nSPS) is 15.9. The zero-order valence-electron chi connectivity index (χ0n) is 11.8. The minimum atomic E-state index is -1.78. The van der Waals surface area contributed by atoms with Crippen molar-refractivity contribution in [3.05, 3.63) is 42.0 Å². The summed E-state index contributed by atoms with van der Waals surface area (Å²) < 4.78 is 40.6. The Morgan fingerprint density at radius 3 is 2.68 bits per heavy atom. The molecule has 1 aromatic rings. The summed E-state index contributed by atoms with van der Waals surface area (Å²) in [6.07, 6.45) is 0.539. The molecular formula is C14H14F2N2O3S. The van der Waals surface area contributed by atoms with E-state index in [0.717, 1.165) is 11.1 Å². The summed E-state index contributed by atoms with van der Waals surface area (Å²) in [6, 6.07) is 6.73. The molecule has 0 saturated heterocycles. The van der Waals surface area contributed by atoms with E-state index in [4.69, 9.17) is 4.74 Å². The topological polar surface area (TPSA) is 59.0 Å². The van der Waals surface area contributed by atoms with Gasteiger partial charge in [0.15, 0.2) is 6.61 Å². The van der Waals surface area contributed by atoms with E-state index in [1.165, 1.54) is 0 Å². The van der Waals surface area contributed by atoms with Crippen LogP contribution in [0.5, 0.6) is 0 Å². The van der Waals surface area contributed by atoms with Crippen molar-refractivity contribution in [2.45, 2.75) is 11.3 Å². The van der Waals surface area contributed by atoms with E-state index in [2.05, 4.69) is 5.10 Å². The predicted molar refractivity (Wildman–Crippen MR) is 77.9 cm³/mol. The van der Waals surface area contributed by atoms with Crippen LogP contribution in [0.25, 0.3) is 0 Å². The van der Waals surface area contributed by atoms with Gasteiger partial charge in [0.05, 0.1) is 0 Å².